The summed E-state index contributed by atoms with van der Waals surface area (Å²) in [5, 5.41) is 0. The van der Waals surface area contributed by atoms with Gasteiger partial charge in [0.15, 0.2) is 0 Å². The highest BCUT2D eigenvalue weighted by molar-refractivity contribution is 5.32. The monoisotopic (exact) mass is 263 g/mol. The SMILES string of the molecule is Cc1cc(C(N)C2CCCCCCC2)cc(C)c1F. The summed E-state index contributed by atoms with van der Waals surface area (Å²) in [4.78, 5) is 0. The van der Waals surface area contributed by atoms with Crippen LogP contribution in [0, 0.1) is 25.6 Å². The first-order valence-corrected chi connectivity index (χ1v) is 7.62. The highest BCUT2D eigenvalue weighted by Crippen LogP contribution is 2.32. The molecule has 2 N–H and O–H groups in total. The quantitative estimate of drug-likeness (QED) is 0.814. The van der Waals surface area contributed by atoms with Crippen molar-refractivity contribution in [2.75, 3.05) is 0 Å². The minimum atomic E-state index is -0.0892. The smallest absolute Gasteiger partial charge is 0.129 e. The molecule has 0 aliphatic heterocycles. The lowest BCUT2D eigenvalue weighted by Crippen LogP contribution is -2.22. The normalized spacial score (nSPS) is 19.8. The molecule has 1 atom stereocenters. The Morgan fingerprint density at radius 3 is 2.00 bits per heavy atom. The molecule has 1 aliphatic carbocycles. The van der Waals surface area contributed by atoms with Gasteiger partial charge in [0.05, 0.1) is 0 Å². The molecule has 106 valence electrons. The number of benzene rings is 1. The lowest BCUT2D eigenvalue weighted by atomic mass is 9.82. The van der Waals surface area contributed by atoms with Crippen LogP contribution in [0.3, 0.4) is 0 Å². The maximum absolute atomic E-state index is 13.7. The summed E-state index contributed by atoms with van der Waals surface area (Å²) in [5.74, 6) is 0.471. The minimum absolute atomic E-state index is 0.0658. The zero-order chi connectivity index (χ0) is 13.8. The molecule has 1 nitrogen and oxygen atoms in total. The number of rotatable bonds is 2. The van der Waals surface area contributed by atoms with Gasteiger partial charge in [-0.15, -0.1) is 0 Å². The first-order chi connectivity index (χ1) is 9.09. The molecule has 0 heterocycles. The van der Waals surface area contributed by atoms with Crippen LogP contribution in [0.4, 0.5) is 4.39 Å². The van der Waals surface area contributed by atoms with Crippen molar-refractivity contribution in [1.82, 2.24) is 0 Å². The molecule has 1 aromatic rings. The topological polar surface area (TPSA) is 26.0 Å². The van der Waals surface area contributed by atoms with Gasteiger partial charge in [-0.05, 0) is 49.3 Å². The van der Waals surface area contributed by atoms with Crippen molar-refractivity contribution in [3.05, 3.63) is 34.6 Å². The van der Waals surface area contributed by atoms with Gasteiger partial charge in [-0.3, -0.25) is 0 Å². The summed E-state index contributed by atoms with van der Waals surface area (Å²) in [6.07, 6.45) is 9.06. The fourth-order valence-electron chi connectivity index (χ4n) is 3.29. The van der Waals surface area contributed by atoms with Crippen LogP contribution in [-0.2, 0) is 0 Å². The third-order valence-corrected chi connectivity index (χ3v) is 4.50. The fourth-order valence-corrected chi connectivity index (χ4v) is 3.29. The summed E-state index contributed by atoms with van der Waals surface area (Å²) >= 11 is 0. The third kappa shape index (κ3) is 3.56. The second kappa shape index (κ2) is 6.51. The van der Waals surface area contributed by atoms with E-state index in [9.17, 15) is 4.39 Å². The molecule has 0 aromatic heterocycles. The number of hydrogen-bond acceptors (Lipinski definition) is 1. The van der Waals surface area contributed by atoms with E-state index in [4.69, 9.17) is 5.73 Å². The molecule has 0 radical (unpaired) electrons. The zero-order valence-corrected chi connectivity index (χ0v) is 12.2. The van der Waals surface area contributed by atoms with Crippen molar-refractivity contribution < 1.29 is 4.39 Å². The second-order valence-electron chi connectivity index (χ2n) is 6.10. The number of hydrogen-bond donors (Lipinski definition) is 1. The molecule has 1 aromatic carbocycles. The molecule has 1 aliphatic rings. The van der Waals surface area contributed by atoms with Crippen LogP contribution in [0.2, 0.25) is 0 Å². The largest absolute Gasteiger partial charge is 0.324 e. The first kappa shape index (κ1) is 14.5. The van der Waals surface area contributed by atoms with Crippen molar-refractivity contribution in [1.29, 1.82) is 0 Å². The summed E-state index contributed by atoms with van der Waals surface area (Å²) < 4.78 is 13.7. The number of halogens is 1. The molecule has 19 heavy (non-hydrogen) atoms. The van der Waals surface area contributed by atoms with Crippen LogP contribution in [0.25, 0.3) is 0 Å². The van der Waals surface area contributed by atoms with Gasteiger partial charge in [0, 0.05) is 6.04 Å². The van der Waals surface area contributed by atoms with E-state index < -0.39 is 0 Å². The van der Waals surface area contributed by atoms with Crippen molar-refractivity contribution >= 4 is 0 Å². The van der Waals surface area contributed by atoms with E-state index in [1.165, 1.54) is 44.9 Å². The Balaban J connectivity index is 2.15. The average molecular weight is 263 g/mol. The number of aryl methyl sites for hydroxylation is 2. The molecular weight excluding hydrogens is 237 g/mol. The number of nitrogens with two attached hydrogens (primary N) is 1. The highest BCUT2D eigenvalue weighted by atomic mass is 19.1. The maximum atomic E-state index is 13.7. The van der Waals surface area contributed by atoms with Gasteiger partial charge in [0.2, 0.25) is 0 Å². The first-order valence-electron chi connectivity index (χ1n) is 7.62. The van der Waals surface area contributed by atoms with E-state index in [1.807, 2.05) is 26.0 Å². The average Bonchev–Trinajstić information content (AvgIpc) is 2.34. The predicted octanol–water partition coefficient (Wildman–Crippen LogP) is 4.80. The van der Waals surface area contributed by atoms with Gasteiger partial charge in [0.1, 0.15) is 5.82 Å². The van der Waals surface area contributed by atoms with Crippen LogP contribution in [0.1, 0.15) is 67.7 Å². The van der Waals surface area contributed by atoms with Gasteiger partial charge in [-0.2, -0.15) is 0 Å². The second-order valence-corrected chi connectivity index (χ2v) is 6.10. The van der Waals surface area contributed by atoms with Crippen LogP contribution in [0.5, 0.6) is 0 Å². The molecule has 1 saturated carbocycles. The Bertz CT molecular complexity index is 396. The van der Waals surface area contributed by atoms with Crippen LogP contribution in [0.15, 0.2) is 12.1 Å². The van der Waals surface area contributed by atoms with Crippen LogP contribution in [-0.4, -0.2) is 0 Å². The van der Waals surface area contributed by atoms with Crippen molar-refractivity contribution in [2.45, 2.75) is 64.8 Å². The van der Waals surface area contributed by atoms with Crippen LogP contribution >= 0.6 is 0 Å². The zero-order valence-electron chi connectivity index (χ0n) is 12.2. The fraction of sp³-hybridized carbons (Fsp3) is 0.647. The van der Waals surface area contributed by atoms with Gasteiger partial charge in [-0.1, -0.05) is 44.2 Å². The molecule has 0 saturated heterocycles. The van der Waals surface area contributed by atoms with E-state index in [1.54, 1.807) is 0 Å². The van der Waals surface area contributed by atoms with E-state index in [2.05, 4.69) is 0 Å². The van der Waals surface area contributed by atoms with Crippen molar-refractivity contribution in [3.63, 3.8) is 0 Å². The Kier molecular flexibility index (Phi) is 4.98. The maximum Gasteiger partial charge on any atom is 0.129 e. The molecule has 0 amide bonds. The van der Waals surface area contributed by atoms with E-state index in [0.717, 1.165) is 16.7 Å². The molecular formula is C17H26FN. The summed E-state index contributed by atoms with van der Waals surface area (Å²) in [7, 11) is 0. The lowest BCUT2D eigenvalue weighted by molar-refractivity contribution is 0.327. The van der Waals surface area contributed by atoms with E-state index in [0.29, 0.717) is 5.92 Å². The van der Waals surface area contributed by atoms with E-state index >= 15 is 0 Å². The van der Waals surface area contributed by atoms with Gasteiger partial charge >= 0.3 is 0 Å². The Hall–Kier alpha value is -0.890. The third-order valence-electron chi connectivity index (χ3n) is 4.50. The highest BCUT2D eigenvalue weighted by Gasteiger charge is 2.21. The summed E-state index contributed by atoms with van der Waals surface area (Å²) in [6.45, 7) is 3.66. The summed E-state index contributed by atoms with van der Waals surface area (Å²) in [6, 6.07) is 3.94. The van der Waals surface area contributed by atoms with Crippen molar-refractivity contribution in [2.24, 2.45) is 11.7 Å². The molecule has 0 bridgehead atoms. The van der Waals surface area contributed by atoms with Gasteiger partial charge < -0.3 is 5.73 Å². The molecule has 2 heteroatoms. The Morgan fingerprint density at radius 1 is 1.00 bits per heavy atom. The van der Waals surface area contributed by atoms with Gasteiger partial charge in [-0.25, -0.2) is 4.39 Å². The van der Waals surface area contributed by atoms with E-state index in [-0.39, 0.29) is 11.9 Å². The standard InChI is InChI=1S/C17H26FN/c1-12-10-15(11-13(2)16(12)18)17(19)14-8-6-4-3-5-7-9-14/h10-11,14,17H,3-9,19H2,1-2H3. The van der Waals surface area contributed by atoms with Gasteiger partial charge in [0.25, 0.3) is 0 Å². The van der Waals surface area contributed by atoms with Crippen molar-refractivity contribution in [3.8, 4) is 0 Å². The minimum Gasteiger partial charge on any atom is -0.324 e. The summed E-state index contributed by atoms with van der Waals surface area (Å²) in [5.41, 5.74) is 9.01. The predicted molar refractivity (Wildman–Crippen MR) is 78.6 cm³/mol. The lowest BCUT2D eigenvalue weighted by Gasteiger charge is -2.26. The van der Waals surface area contributed by atoms with Crippen LogP contribution < -0.4 is 5.73 Å². The Morgan fingerprint density at radius 2 is 1.47 bits per heavy atom. The Labute approximate surface area is 116 Å². The molecule has 2 rings (SSSR count). The molecule has 1 unspecified atom stereocenters. The molecule has 0 spiro atoms. The molecule has 1 fully saturated rings.